The lowest BCUT2D eigenvalue weighted by Gasteiger charge is -2.19. The van der Waals surface area contributed by atoms with Gasteiger partial charge >= 0.3 is 0 Å². The van der Waals surface area contributed by atoms with Gasteiger partial charge in [-0.05, 0) is 54.1 Å². The van der Waals surface area contributed by atoms with Crippen molar-refractivity contribution in [2.75, 3.05) is 17.7 Å². The fraction of sp³-hybridized carbons (Fsp3) is 0.0952. The molecule has 0 saturated heterocycles. The molecule has 0 spiro atoms. The minimum absolute atomic E-state index is 0.00672. The second kappa shape index (κ2) is 7.01. The Kier molecular flexibility index (Phi) is 4.62. The number of rotatable bonds is 5. The number of carbonyl (C=O) groups excluding carboxylic acids is 1. The molecule has 0 fully saturated rings. The highest BCUT2D eigenvalue weighted by molar-refractivity contribution is 6.09. The zero-order chi connectivity index (χ0) is 16.9. The van der Waals surface area contributed by atoms with E-state index in [1.165, 1.54) is 5.56 Å². The lowest BCUT2D eigenvalue weighted by Crippen LogP contribution is -2.16. The predicted octanol–water partition coefficient (Wildman–Crippen LogP) is 4.14. The SMILES string of the molecule is CN(Cc1ccccc1)c1ccc(C(=O)c2ccc(N)cc2)cc1. The summed E-state index contributed by atoms with van der Waals surface area (Å²) in [6.45, 7) is 0.825. The zero-order valence-corrected chi connectivity index (χ0v) is 13.6. The highest BCUT2D eigenvalue weighted by Gasteiger charge is 2.09. The van der Waals surface area contributed by atoms with E-state index in [2.05, 4.69) is 17.0 Å². The number of carbonyl (C=O) groups is 1. The molecule has 0 bridgehead atoms. The summed E-state index contributed by atoms with van der Waals surface area (Å²) in [5.41, 5.74) is 9.98. The molecule has 0 amide bonds. The van der Waals surface area contributed by atoms with Gasteiger partial charge in [0.05, 0.1) is 0 Å². The van der Waals surface area contributed by atoms with Crippen LogP contribution in [0.1, 0.15) is 21.5 Å². The van der Waals surface area contributed by atoms with Crippen LogP contribution < -0.4 is 10.6 Å². The molecule has 3 aromatic carbocycles. The van der Waals surface area contributed by atoms with Crippen LogP contribution in [0.2, 0.25) is 0 Å². The lowest BCUT2D eigenvalue weighted by atomic mass is 10.0. The van der Waals surface area contributed by atoms with E-state index in [1.807, 2.05) is 49.5 Å². The van der Waals surface area contributed by atoms with Gasteiger partial charge in [0.25, 0.3) is 0 Å². The zero-order valence-electron chi connectivity index (χ0n) is 13.6. The van der Waals surface area contributed by atoms with Crippen LogP contribution in [-0.2, 0) is 6.54 Å². The van der Waals surface area contributed by atoms with Crippen LogP contribution in [0.15, 0.2) is 78.9 Å². The van der Waals surface area contributed by atoms with Crippen molar-refractivity contribution in [1.82, 2.24) is 0 Å². The molecule has 0 heterocycles. The molecule has 0 saturated carbocycles. The second-order valence-electron chi connectivity index (χ2n) is 5.84. The number of nitrogen functional groups attached to an aromatic ring is 1. The third-order valence-electron chi connectivity index (χ3n) is 4.01. The predicted molar refractivity (Wildman–Crippen MR) is 99.3 cm³/mol. The number of anilines is 2. The van der Waals surface area contributed by atoms with Crippen LogP contribution in [-0.4, -0.2) is 12.8 Å². The van der Waals surface area contributed by atoms with Crippen LogP contribution in [0.5, 0.6) is 0 Å². The highest BCUT2D eigenvalue weighted by atomic mass is 16.1. The minimum atomic E-state index is 0.00672. The maximum Gasteiger partial charge on any atom is 0.193 e. The third kappa shape index (κ3) is 3.63. The summed E-state index contributed by atoms with van der Waals surface area (Å²) < 4.78 is 0. The fourth-order valence-corrected chi connectivity index (χ4v) is 2.62. The monoisotopic (exact) mass is 316 g/mol. The molecule has 0 unspecified atom stereocenters. The quantitative estimate of drug-likeness (QED) is 0.568. The summed E-state index contributed by atoms with van der Waals surface area (Å²) in [7, 11) is 2.05. The third-order valence-corrected chi connectivity index (χ3v) is 4.01. The van der Waals surface area contributed by atoms with E-state index >= 15 is 0 Å². The van der Waals surface area contributed by atoms with Crippen molar-refractivity contribution in [2.24, 2.45) is 0 Å². The van der Waals surface area contributed by atoms with Gasteiger partial charge in [0.1, 0.15) is 0 Å². The average molecular weight is 316 g/mol. The van der Waals surface area contributed by atoms with Crippen LogP contribution in [0, 0.1) is 0 Å². The van der Waals surface area contributed by atoms with E-state index in [4.69, 9.17) is 5.73 Å². The van der Waals surface area contributed by atoms with E-state index in [0.29, 0.717) is 16.8 Å². The molecule has 3 aromatic rings. The van der Waals surface area contributed by atoms with Gasteiger partial charge in [-0.3, -0.25) is 4.79 Å². The molecular formula is C21H20N2O. The van der Waals surface area contributed by atoms with Crippen molar-refractivity contribution >= 4 is 17.2 Å². The maximum atomic E-state index is 12.5. The molecule has 3 nitrogen and oxygen atoms in total. The van der Waals surface area contributed by atoms with Gasteiger partial charge in [-0.1, -0.05) is 30.3 Å². The summed E-state index contributed by atoms with van der Waals surface area (Å²) in [5.74, 6) is 0.00672. The first-order chi connectivity index (χ1) is 11.6. The second-order valence-corrected chi connectivity index (χ2v) is 5.84. The van der Waals surface area contributed by atoms with Gasteiger partial charge in [0.2, 0.25) is 0 Å². The van der Waals surface area contributed by atoms with Crippen molar-refractivity contribution < 1.29 is 4.79 Å². The molecule has 0 aliphatic heterocycles. The van der Waals surface area contributed by atoms with Gasteiger partial charge in [-0.15, -0.1) is 0 Å². The van der Waals surface area contributed by atoms with Gasteiger partial charge in [0, 0.05) is 36.1 Å². The van der Waals surface area contributed by atoms with E-state index in [1.54, 1.807) is 24.3 Å². The standard InChI is InChI=1S/C21H20N2O/c1-23(15-16-5-3-2-4-6-16)20-13-9-18(10-14-20)21(24)17-7-11-19(22)12-8-17/h2-14H,15,22H2,1H3. The summed E-state index contributed by atoms with van der Waals surface area (Å²) in [6.07, 6.45) is 0. The Morgan fingerprint density at radius 2 is 1.38 bits per heavy atom. The van der Waals surface area contributed by atoms with Gasteiger partial charge in [0.15, 0.2) is 5.78 Å². The number of ketones is 1. The Bertz CT molecular complexity index is 809. The van der Waals surface area contributed by atoms with E-state index in [-0.39, 0.29) is 5.78 Å². The number of nitrogens with zero attached hydrogens (tertiary/aromatic N) is 1. The first kappa shape index (κ1) is 15.8. The fourth-order valence-electron chi connectivity index (χ4n) is 2.62. The van der Waals surface area contributed by atoms with Crippen molar-refractivity contribution in [2.45, 2.75) is 6.54 Å². The Hall–Kier alpha value is -3.07. The normalized spacial score (nSPS) is 10.4. The number of hydrogen-bond donors (Lipinski definition) is 1. The smallest absolute Gasteiger partial charge is 0.193 e. The molecular weight excluding hydrogens is 296 g/mol. The number of hydrogen-bond acceptors (Lipinski definition) is 3. The van der Waals surface area contributed by atoms with Gasteiger partial charge in [-0.2, -0.15) is 0 Å². The van der Waals surface area contributed by atoms with Crippen LogP contribution >= 0.6 is 0 Å². The molecule has 0 radical (unpaired) electrons. The Morgan fingerprint density at radius 1 is 0.833 bits per heavy atom. The first-order valence-electron chi connectivity index (χ1n) is 7.89. The van der Waals surface area contributed by atoms with E-state index in [0.717, 1.165) is 12.2 Å². The summed E-state index contributed by atoms with van der Waals surface area (Å²) >= 11 is 0. The first-order valence-corrected chi connectivity index (χ1v) is 7.89. The molecule has 3 heteroatoms. The van der Waals surface area contributed by atoms with Crippen molar-refractivity contribution in [3.63, 3.8) is 0 Å². The average Bonchev–Trinajstić information content (AvgIpc) is 2.63. The molecule has 24 heavy (non-hydrogen) atoms. The van der Waals surface area contributed by atoms with E-state index < -0.39 is 0 Å². The summed E-state index contributed by atoms with van der Waals surface area (Å²) in [6, 6.07) is 25.0. The molecule has 120 valence electrons. The lowest BCUT2D eigenvalue weighted by molar-refractivity contribution is 0.103. The molecule has 0 atom stereocenters. The van der Waals surface area contributed by atoms with Crippen molar-refractivity contribution in [3.05, 3.63) is 95.6 Å². The van der Waals surface area contributed by atoms with Crippen LogP contribution in [0.25, 0.3) is 0 Å². The van der Waals surface area contributed by atoms with Crippen molar-refractivity contribution in [3.8, 4) is 0 Å². The number of nitrogens with two attached hydrogens (primary N) is 1. The molecule has 0 aliphatic carbocycles. The highest BCUT2D eigenvalue weighted by Crippen LogP contribution is 2.19. The van der Waals surface area contributed by atoms with Gasteiger partial charge in [-0.25, -0.2) is 0 Å². The molecule has 0 aromatic heterocycles. The maximum absolute atomic E-state index is 12.5. The topological polar surface area (TPSA) is 46.3 Å². The summed E-state index contributed by atoms with van der Waals surface area (Å²) in [4.78, 5) is 14.6. The Morgan fingerprint density at radius 3 is 1.96 bits per heavy atom. The van der Waals surface area contributed by atoms with E-state index in [9.17, 15) is 4.79 Å². The largest absolute Gasteiger partial charge is 0.399 e. The van der Waals surface area contributed by atoms with Crippen LogP contribution in [0.3, 0.4) is 0 Å². The Labute approximate surface area is 142 Å². The van der Waals surface area contributed by atoms with Crippen molar-refractivity contribution in [1.29, 1.82) is 0 Å². The Balaban J connectivity index is 1.73. The molecule has 3 rings (SSSR count). The van der Waals surface area contributed by atoms with Crippen LogP contribution in [0.4, 0.5) is 11.4 Å². The summed E-state index contributed by atoms with van der Waals surface area (Å²) in [5, 5.41) is 0. The molecule has 0 aliphatic rings. The molecule has 2 N–H and O–H groups in total. The van der Waals surface area contributed by atoms with Gasteiger partial charge < -0.3 is 10.6 Å². The number of benzene rings is 3. The minimum Gasteiger partial charge on any atom is -0.399 e.